The molecule has 67 heavy (non-hydrogen) atoms. The number of hydrogen-bond acceptors (Lipinski definition) is 4. The maximum atomic E-state index is 10.1. The number of aromatic nitrogens is 3. The van der Waals surface area contributed by atoms with E-state index < -0.39 is 5.41 Å². The molecule has 5 aliphatic rings. The molecule has 1 aromatic heterocycles. The third-order valence-corrected chi connectivity index (χ3v) is 17.3. The molecule has 9 atom stereocenters. The summed E-state index contributed by atoms with van der Waals surface area (Å²) in [6, 6.07) is 55.7. The van der Waals surface area contributed by atoms with Crippen LogP contribution in [0.4, 0.5) is 0 Å². The zero-order valence-electron chi connectivity index (χ0n) is 39.7. The van der Waals surface area contributed by atoms with Crippen LogP contribution in [-0.4, -0.2) is 15.0 Å². The number of hydrogen-bond donors (Lipinski definition) is 0. The topological polar surface area (TPSA) is 62.5 Å². The Kier molecular flexibility index (Phi) is 10.2. The first kappa shape index (κ1) is 42.2. The molecule has 0 radical (unpaired) electrons. The lowest BCUT2D eigenvalue weighted by molar-refractivity contribution is 0.0779. The van der Waals surface area contributed by atoms with Gasteiger partial charge in [-0.15, -0.1) is 0 Å². The van der Waals surface area contributed by atoms with Crippen molar-refractivity contribution >= 4 is 0 Å². The van der Waals surface area contributed by atoms with E-state index in [9.17, 15) is 5.26 Å². The lowest BCUT2D eigenvalue weighted by Gasteiger charge is -2.50. The van der Waals surface area contributed by atoms with Crippen LogP contribution in [0.5, 0.6) is 0 Å². The second-order valence-electron chi connectivity index (χ2n) is 22.5. The van der Waals surface area contributed by atoms with E-state index in [1.807, 2.05) is 12.1 Å². The summed E-state index contributed by atoms with van der Waals surface area (Å²) >= 11 is 0. The molecule has 334 valence electrons. The summed E-state index contributed by atoms with van der Waals surface area (Å²) < 4.78 is 0. The van der Waals surface area contributed by atoms with Gasteiger partial charge in [0.15, 0.2) is 17.5 Å². The van der Waals surface area contributed by atoms with Gasteiger partial charge in [-0.1, -0.05) is 155 Å². The largest absolute Gasteiger partial charge is 0.208 e. The summed E-state index contributed by atoms with van der Waals surface area (Å²) in [5, 5.41) is 10.1. The van der Waals surface area contributed by atoms with Crippen LogP contribution in [0, 0.1) is 46.8 Å². The molecule has 4 heteroatoms. The molecule has 7 aromatic rings. The van der Waals surface area contributed by atoms with Crippen LogP contribution < -0.4 is 0 Å². The quantitative estimate of drug-likeness (QED) is 0.160. The molecule has 4 nitrogen and oxygen atoms in total. The Balaban J connectivity index is 0.993. The van der Waals surface area contributed by atoms with Gasteiger partial charge < -0.3 is 0 Å². The van der Waals surface area contributed by atoms with E-state index >= 15 is 0 Å². The highest BCUT2D eigenvalue weighted by molar-refractivity contribution is 5.88. The first-order chi connectivity index (χ1) is 32.6. The lowest BCUT2D eigenvalue weighted by Crippen LogP contribution is -2.42. The minimum absolute atomic E-state index is 0.257. The molecule has 0 amide bonds. The molecule has 12 rings (SSSR count). The van der Waals surface area contributed by atoms with Crippen molar-refractivity contribution in [2.75, 3.05) is 0 Å². The monoisotopic (exact) mass is 874 g/mol. The number of benzene rings is 6. The minimum Gasteiger partial charge on any atom is -0.208 e. The van der Waals surface area contributed by atoms with Gasteiger partial charge in [0, 0.05) is 16.7 Å². The van der Waals surface area contributed by atoms with Gasteiger partial charge in [-0.3, -0.25) is 0 Å². The molecule has 4 unspecified atom stereocenters. The highest BCUT2D eigenvalue weighted by Crippen LogP contribution is 2.58. The van der Waals surface area contributed by atoms with Gasteiger partial charge in [-0.2, -0.15) is 5.26 Å². The maximum Gasteiger partial charge on any atom is 0.164 e. The molecule has 4 bridgehead atoms. The standard InChI is InChI=1S/C63H62N4/c1-40-27-45-28-41(2)34-61(33-40,37-45)50-22-17-47(18-23-50)58-65-59(48-19-24-51(25-20-48)62-35-42(3)29-46(38-62)30-43(4)36-62)67-60(66-58)49-21-26-57-55(32-49)54-15-8-9-16-56(54)63(57,52-12-6-5-7-13-52)53-14-10-11-44(31-53)39-64/h5-26,31-32,40-43,45-46H,27-30,33-38H2,1-4H3/t40-,41+,42-,43+,45-,46?,61?,62?,63?. The molecular weight excluding hydrogens is 813 g/mol. The van der Waals surface area contributed by atoms with Crippen molar-refractivity contribution in [3.63, 3.8) is 0 Å². The van der Waals surface area contributed by atoms with Gasteiger partial charge in [0.1, 0.15) is 0 Å². The smallest absolute Gasteiger partial charge is 0.164 e. The van der Waals surface area contributed by atoms with Gasteiger partial charge in [0.05, 0.1) is 17.0 Å². The number of rotatable bonds is 7. The molecule has 4 saturated carbocycles. The van der Waals surface area contributed by atoms with E-state index in [-0.39, 0.29) is 10.8 Å². The third-order valence-electron chi connectivity index (χ3n) is 17.3. The lowest BCUT2D eigenvalue weighted by atomic mass is 9.54. The molecule has 5 aliphatic carbocycles. The number of fused-ring (bicyclic) bond motifs is 7. The summed E-state index contributed by atoms with van der Waals surface area (Å²) in [6.07, 6.45) is 13.2. The summed E-state index contributed by atoms with van der Waals surface area (Å²) in [4.78, 5) is 16.1. The molecule has 0 saturated heterocycles. The van der Waals surface area contributed by atoms with E-state index in [1.54, 1.807) is 0 Å². The van der Waals surface area contributed by atoms with E-state index in [4.69, 9.17) is 15.0 Å². The van der Waals surface area contributed by atoms with Crippen molar-refractivity contribution in [2.45, 2.75) is 108 Å². The van der Waals surface area contributed by atoms with Crippen molar-refractivity contribution in [1.82, 2.24) is 15.0 Å². The zero-order chi connectivity index (χ0) is 45.5. The van der Waals surface area contributed by atoms with Crippen LogP contribution in [0.3, 0.4) is 0 Å². The van der Waals surface area contributed by atoms with Crippen molar-refractivity contribution in [3.05, 3.63) is 185 Å². The molecule has 0 N–H and O–H groups in total. The van der Waals surface area contributed by atoms with Crippen molar-refractivity contribution in [2.24, 2.45) is 35.5 Å². The number of nitriles is 1. The normalized spacial score (nSPS) is 29.4. The zero-order valence-corrected chi connectivity index (χ0v) is 39.7. The molecule has 4 fully saturated rings. The van der Waals surface area contributed by atoms with Gasteiger partial charge in [-0.05, 0) is 173 Å². The maximum absolute atomic E-state index is 10.1. The third kappa shape index (κ3) is 7.10. The summed E-state index contributed by atoms with van der Waals surface area (Å²) in [6.45, 7) is 9.88. The summed E-state index contributed by atoms with van der Waals surface area (Å²) in [7, 11) is 0. The van der Waals surface area contributed by atoms with Crippen LogP contribution in [0.15, 0.2) is 146 Å². The molecule has 0 aliphatic heterocycles. The minimum atomic E-state index is -0.616. The van der Waals surface area contributed by atoms with Gasteiger partial charge in [0.2, 0.25) is 0 Å². The van der Waals surface area contributed by atoms with Gasteiger partial charge in [-0.25, -0.2) is 15.0 Å². The van der Waals surface area contributed by atoms with Gasteiger partial charge in [0.25, 0.3) is 0 Å². The summed E-state index contributed by atoms with van der Waals surface area (Å²) in [5.41, 5.74) is 13.5. The Morgan fingerprint density at radius 3 is 1.42 bits per heavy atom. The van der Waals surface area contributed by atoms with Gasteiger partial charge >= 0.3 is 0 Å². The Bertz CT molecular complexity index is 2890. The average molecular weight is 875 g/mol. The fraction of sp³-hybridized carbons (Fsp3) is 0.365. The van der Waals surface area contributed by atoms with E-state index in [1.165, 1.54) is 97.6 Å². The second-order valence-corrected chi connectivity index (χ2v) is 22.5. The second kappa shape index (κ2) is 16.3. The predicted molar refractivity (Wildman–Crippen MR) is 271 cm³/mol. The molecular formula is C63H62N4. The molecule has 1 heterocycles. The van der Waals surface area contributed by atoms with Crippen LogP contribution in [-0.2, 0) is 16.2 Å². The van der Waals surface area contributed by atoms with Crippen molar-refractivity contribution < 1.29 is 0 Å². The SMILES string of the molecule is C[C@@H]1CC2C[C@H](C)CC(c3ccc(-c4nc(-c5ccc(C67C[C@H](C)C[C@H](C[C@H](C)C6)C7)cc5)nc(-c5ccc6c(c5)-c5ccccc5C6(c5ccccc5)c5cccc(C#N)c5)n4)cc3)(C2)C1. The first-order valence-electron chi connectivity index (χ1n) is 25.4. The Morgan fingerprint density at radius 1 is 0.418 bits per heavy atom. The molecule has 0 spiro atoms. The van der Waals surface area contributed by atoms with E-state index in [0.29, 0.717) is 23.0 Å². The van der Waals surface area contributed by atoms with E-state index in [0.717, 1.165) is 63.3 Å². The fourth-order valence-corrected chi connectivity index (χ4v) is 15.5. The van der Waals surface area contributed by atoms with Crippen LogP contribution in [0.2, 0.25) is 0 Å². The van der Waals surface area contributed by atoms with Crippen LogP contribution in [0.25, 0.3) is 45.3 Å². The van der Waals surface area contributed by atoms with E-state index in [2.05, 4.69) is 167 Å². The van der Waals surface area contributed by atoms with Crippen LogP contribution in [0.1, 0.15) is 131 Å². The highest BCUT2D eigenvalue weighted by atomic mass is 15.0. The number of nitrogens with zero attached hydrogens (tertiary/aromatic N) is 4. The average Bonchev–Trinajstić information content (AvgIpc) is 3.64. The Labute approximate surface area is 398 Å². The first-order valence-corrected chi connectivity index (χ1v) is 25.4. The van der Waals surface area contributed by atoms with Crippen molar-refractivity contribution in [1.29, 1.82) is 5.26 Å². The van der Waals surface area contributed by atoms with Crippen molar-refractivity contribution in [3.8, 4) is 51.4 Å². The highest BCUT2D eigenvalue weighted by Gasteiger charge is 2.48. The Hall–Kier alpha value is -6.18. The fourth-order valence-electron chi connectivity index (χ4n) is 15.5. The molecule has 6 aromatic carbocycles. The summed E-state index contributed by atoms with van der Waals surface area (Å²) in [5.74, 6) is 6.78. The predicted octanol–water partition coefficient (Wildman–Crippen LogP) is 15.3. The van der Waals surface area contributed by atoms with Crippen LogP contribution >= 0.6 is 0 Å². The Morgan fingerprint density at radius 2 is 0.881 bits per heavy atom.